The molecule has 5 unspecified atom stereocenters. The fourth-order valence-corrected chi connectivity index (χ4v) is 2.29. The van der Waals surface area contributed by atoms with Crippen molar-refractivity contribution in [3.63, 3.8) is 0 Å². The first-order valence-corrected chi connectivity index (χ1v) is 6.34. The summed E-state index contributed by atoms with van der Waals surface area (Å²) >= 11 is 0. The highest BCUT2D eigenvalue weighted by Gasteiger charge is 2.50. The van der Waals surface area contributed by atoms with Gasteiger partial charge >= 0.3 is 0 Å². The summed E-state index contributed by atoms with van der Waals surface area (Å²) in [6, 6.07) is -0.0598. The van der Waals surface area contributed by atoms with Crippen LogP contribution < -0.4 is 5.32 Å². The molecule has 17 heavy (non-hydrogen) atoms. The molecule has 0 aliphatic carbocycles. The highest BCUT2D eigenvalue weighted by Crippen LogP contribution is 2.30. The minimum atomic E-state index is -0.620. The van der Waals surface area contributed by atoms with Gasteiger partial charge in [0, 0.05) is 6.54 Å². The fraction of sp³-hybridized carbons (Fsp3) is 1.00. The van der Waals surface area contributed by atoms with E-state index in [2.05, 4.69) is 5.32 Å². The van der Waals surface area contributed by atoms with Crippen molar-refractivity contribution in [2.24, 2.45) is 0 Å². The summed E-state index contributed by atoms with van der Waals surface area (Å²) in [5.74, 6) is 0. The van der Waals surface area contributed by atoms with E-state index in [1.54, 1.807) is 0 Å². The van der Waals surface area contributed by atoms with Gasteiger partial charge in [0.05, 0.1) is 24.4 Å². The molecule has 2 saturated heterocycles. The summed E-state index contributed by atoms with van der Waals surface area (Å²) in [7, 11) is 0. The van der Waals surface area contributed by atoms with E-state index in [0.717, 1.165) is 13.0 Å². The lowest BCUT2D eigenvalue weighted by atomic mass is 9.87. The molecule has 2 aliphatic rings. The molecule has 3 N–H and O–H groups in total. The van der Waals surface area contributed by atoms with Crippen LogP contribution in [-0.4, -0.2) is 59.4 Å². The maximum absolute atomic E-state index is 10.2. The van der Waals surface area contributed by atoms with Crippen LogP contribution >= 0.6 is 0 Å². The number of hydrogen-bond donors (Lipinski definition) is 3. The van der Waals surface area contributed by atoms with Gasteiger partial charge < -0.3 is 25.0 Å². The molecule has 5 atom stereocenters. The Morgan fingerprint density at radius 2 is 2.18 bits per heavy atom. The van der Waals surface area contributed by atoms with Gasteiger partial charge in [0.1, 0.15) is 18.3 Å². The first-order valence-electron chi connectivity index (χ1n) is 6.34. The zero-order valence-electron chi connectivity index (χ0n) is 10.7. The molecule has 0 spiro atoms. The second-order valence-corrected chi connectivity index (χ2v) is 5.52. The average Bonchev–Trinajstić information content (AvgIpc) is 2.25. The Morgan fingerprint density at radius 1 is 1.47 bits per heavy atom. The lowest BCUT2D eigenvalue weighted by molar-refractivity contribution is -0.254. The molecule has 2 fully saturated rings. The molecule has 5 nitrogen and oxygen atoms in total. The van der Waals surface area contributed by atoms with Crippen molar-refractivity contribution in [1.29, 1.82) is 0 Å². The van der Waals surface area contributed by atoms with Crippen molar-refractivity contribution in [3.05, 3.63) is 0 Å². The van der Waals surface area contributed by atoms with Crippen LogP contribution in [0.4, 0.5) is 0 Å². The molecule has 0 aromatic carbocycles. The second-order valence-electron chi connectivity index (χ2n) is 5.52. The highest BCUT2D eigenvalue weighted by atomic mass is 16.6. The summed E-state index contributed by atoms with van der Waals surface area (Å²) in [5.41, 5.74) is -0.320. The lowest BCUT2D eigenvalue weighted by Gasteiger charge is -2.51. The molecule has 0 amide bonds. The number of hydrogen-bond acceptors (Lipinski definition) is 5. The third-order valence-electron chi connectivity index (χ3n) is 3.86. The minimum absolute atomic E-state index is 0.00624. The summed E-state index contributed by atoms with van der Waals surface area (Å²) in [5, 5.41) is 22.7. The Kier molecular flexibility index (Phi) is 3.75. The van der Waals surface area contributed by atoms with Gasteiger partial charge in [-0.25, -0.2) is 0 Å². The van der Waals surface area contributed by atoms with Crippen LogP contribution in [0, 0.1) is 0 Å². The maximum atomic E-state index is 10.2. The van der Waals surface area contributed by atoms with E-state index in [4.69, 9.17) is 9.47 Å². The standard InChI is InChI=1S/C12H23NO4/c1-4-12(2,3)17-11-8(6-14)16-7-5-13-9(7)10(11)15/h7-11,13-15H,4-6H2,1-3H3. The minimum Gasteiger partial charge on any atom is -0.394 e. The monoisotopic (exact) mass is 245 g/mol. The van der Waals surface area contributed by atoms with Gasteiger partial charge in [-0.1, -0.05) is 6.92 Å². The number of rotatable bonds is 4. The summed E-state index contributed by atoms with van der Waals surface area (Å²) in [6.45, 7) is 6.62. The van der Waals surface area contributed by atoms with Gasteiger partial charge in [-0.15, -0.1) is 0 Å². The zero-order valence-corrected chi connectivity index (χ0v) is 10.7. The first kappa shape index (κ1) is 13.2. The topological polar surface area (TPSA) is 71.0 Å². The molecule has 100 valence electrons. The molecule has 2 rings (SSSR count). The number of aliphatic hydroxyl groups excluding tert-OH is 2. The molecule has 0 aromatic heterocycles. The van der Waals surface area contributed by atoms with E-state index < -0.39 is 18.3 Å². The maximum Gasteiger partial charge on any atom is 0.114 e. The van der Waals surface area contributed by atoms with E-state index in [1.807, 2.05) is 20.8 Å². The number of fused-ring (bicyclic) bond motifs is 1. The van der Waals surface area contributed by atoms with Crippen molar-refractivity contribution in [3.8, 4) is 0 Å². The number of ether oxygens (including phenoxy) is 2. The van der Waals surface area contributed by atoms with Crippen LogP contribution in [0.25, 0.3) is 0 Å². The van der Waals surface area contributed by atoms with Gasteiger partial charge in [0.15, 0.2) is 0 Å². The van der Waals surface area contributed by atoms with Crippen LogP contribution in [0.1, 0.15) is 27.2 Å². The third kappa shape index (κ3) is 2.48. The molecular weight excluding hydrogens is 222 g/mol. The first-order chi connectivity index (χ1) is 7.98. The van der Waals surface area contributed by atoms with E-state index in [-0.39, 0.29) is 24.4 Å². The Hall–Kier alpha value is -0.200. The van der Waals surface area contributed by atoms with Crippen molar-refractivity contribution < 1.29 is 19.7 Å². The van der Waals surface area contributed by atoms with Gasteiger partial charge in [0.2, 0.25) is 0 Å². The van der Waals surface area contributed by atoms with Gasteiger partial charge in [0.25, 0.3) is 0 Å². The van der Waals surface area contributed by atoms with Crippen LogP contribution in [0.2, 0.25) is 0 Å². The van der Waals surface area contributed by atoms with E-state index >= 15 is 0 Å². The van der Waals surface area contributed by atoms with Crippen molar-refractivity contribution >= 4 is 0 Å². The fourth-order valence-electron chi connectivity index (χ4n) is 2.29. The summed E-state index contributed by atoms with van der Waals surface area (Å²) in [4.78, 5) is 0. The second kappa shape index (κ2) is 4.82. The van der Waals surface area contributed by atoms with E-state index in [1.165, 1.54) is 0 Å². The van der Waals surface area contributed by atoms with Gasteiger partial charge in [-0.3, -0.25) is 0 Å². The van der Waals surface area contributed by atoms with Crippen molar-refractivity contribution in [2.45, 2.75) is 63.3 Å². The van der Waals surface area contributed by atoms with Crippen LogP contribution in [-0.2, 0) is 9.47 Å². The van der Waals surface area contributed by atoms with Crippen LogP contribution in [0.5, 0.6) is 0 Å². The predicted octanol–water partition coefficient (Wildman–Crippen LogP) is -0.347. The smallest absolute Gasteiger partial charge is 0.114 e. The molecule has 0 aromatic rings. The normalized spacial score (nSPS) is 41.8. The van der Waals surface area contributed by atoms with E-state index in [9.17, 15) is 10.2 Å². The molecule has 5 heteroatoms. The van der Waals surface area contributed by atoms with Crippen molar-refractivity contribution in [2.75, 3.05) is 13.2 Å². The summed E-state index contributed by atoms with van der Waals surface area (Å²) < 4.78 is 11.6. The molecule has 0 bridgehead atoms. The Bertz CT molecular complexity index is 269. The zero-order chi connectivity index (χ0) is 12.6. The largest absolute Gasteiger partial charge is 0.394 e. The molecule has 2 aliphatic heterocycles. The van der Waals surface area contributed by atoms with Crippen LogP contribution in [0.15, 0.2) is 0 Å². The third-order valence-corrected chi connectivity index (χ3v) is 3.86. The van der Waals surface area contributed by atoms with Gasteiger partial charge in [-0.05, 0) is 20.3 Å². The lowest BCUT2D eigenvalue weighted by Crippen LogP contribution is -2.73. The average molecular weight is 245 g/mol. The van der Waals surface area contributed by atoms with E-state index in [0.29, 0.717) is 0 Å². The Balaban J connectivity index is 2.06. The predicted molar refractivity (Wildman–Crippen MR) is 62.8 cm³/mol. The highest BCUT2D eigenvalue weighted by molar-refractivity contribution is 5.04. The molecule has 0 radical (unpaired) electrons. The quantitative estimate of drug-likeness (QED) is 0.632. The van der Waals surface area contributed by atoms with Crippen molar-refractivity contribution in [1.82, 2.24) is 5.32 Å². The number of aliphatic hydroxyl groups is 2. The molecule has 0 saturated carbocycles. The Morgan fingerprint density at radius 3 is 2.65 bits per heavy atom. The number of nitrogens with one attached hydrogen (secondary N) is 1. The summed E-state index contributed by atoms with van der Waals surface area (Å²) in [6.07, 6.45) is -0.670. The molecular formula is C12H23NO4. The Labute approximate surface area is 102 Å². The van der Waals surface area contributed by atoms with Crippen LogP contribution in [0.3, 0.4) is 0 Å². The van der Waals surface area contributed by atoms with Gasteiger partial charge in [-0.2, -0.15) is 0 Å². The SMILES string of the molecule is CCC(C)(C)OC1C(CO)OC2CNC2C1O. The molecule has 2 heterocycles.